The van der Waals surface area contributed by atoms with E-state index in [4.69, 9.17) is 5.73 Å². The van der Waals surface area contributed by atoms with Crippen LogP contribution in [0.1, 0.15) is 5.56 Å². The number of anilines is 2. The van der Waals surface area contributed by atoms with Crippen LogP contribution in [0.25, 0.3) is 0 Å². The van der Waals surface area contributed by atoms with Crippen molar-refractivity contribution in [3.05, 3.63) is 50.6 Å². The highest BCUT2D eigenvalue weighted by Crippen LogP contribution is 2.14. The molecule has 1 heterocycles. The van der Waals surface area contributed by atoms with Crippen molar-refractivity contribution in [3.63, 3.8) is 0 Å². The second-order valence-electron chi connectivity index (χ2n) is 4.04. The molecular formula is C12H12BrN5O2. The second kappa shape index (κ2) is 6.29. The topological polar surface area (TPSA) is 107 Å². The Morgan fingerprint density at radius 3 is 2.60 bits per heavy atom. The standard InChI is InChI=1S/C12H12BrN5O2/c13-10-7-11(14)17-12(16-10)15-6-5-8-1-3-9(4-2-8)18(19)20/h1-4,7H,5-6H2,(H3,14,15,16,17). The molecule has 0 radical (unpaired) electrons. The number of aromatic nitrogens is 2. The number of nitrogens with one attached hydrogen (secondary N) is 1. The molecule has 0 atom stereocenters. The normalized spacial score (nSPS) is 10.2. The molecule has 0 unspecified atom stereocenters. The summed E-state index contributed by atoms with van der Waals surface area (Å²) in [6.45, 7) is 0.605. The Balaban J connectivity index is 1.90. The zero-order chi connectivity index (χ0) is 14.5. The van der Waals surface area contributed by atoms with E-state index in [2.05, 4.69) is 31.2 Å². The molecule has 8 heteroatoms. The molecule has 0 amide bonds. The zero-order valence-electron chi connectivity index (χ0n) is 10.4. The van der Waals surface area contributed by atoms with Crippen LogP contribution in [0.4, 0.5) is 17.5 Å². The average Bonchev–Trinajstić information content (AvgIpc) is 2.38. The van der Waals surface area contributed by atoms with Crippen LogP contribution in [0.3, 0.4) is 0 Å². The average molecular weight is 338 g/mol. The van der Waals surface area contributed by atoms with E-state index in [-0.39, 0.29) is 5.69 Å². The van der Waals surface area contributed by atoms with Gasteiger partial charge in [-0.2, -0.15) is 4.98 Å². The van der Waals surface area contributed by atoms with Gasteiger partial charge in [-0.3, -0.25) is 10.1 Å². The Morgan fingerprint density at radius 1 is 1.30 bits per heavy atom. The summed E-state index contributed by atoms with van der Waals surface area (Å²) in [5, 5.41) is 13.6. The van der Waals surface area contributed by atoms with Gasteiger partial charge in [0, 0.05) is 24.7 Å². The van der Waals surface area contributed by atoms with Gasteiger partial charge in [0.05, 0.1) is 4.92 Å². The molecule has 0 aliphatic rings. The molecule has 1 aromatic heterocycles. The van der Waals surface area contributed by atoms with Crippen LogP contribution >= 0.6 is 15.9 Å². The van der Waals surface area contributed by atoms with Gasteiger partial charge in [-0.05, 0) is 27.9 Å². The van der Waals surface area contributed by atoms with Crippen molar-refractivity contribution in [2.75, 3.05) is 17.6 Å². The molecule has 1 aromatic carbocycles. The van der Waals surface area contributed by atoms with Crippen molar-refractivity contribution >= 4 is 33.4 Å². The van der Waals surface area contributed by atoms with Gasteiger partial charge in [0.15, 0.2) is 0 Å². The molecule has 0 fully saturated rings. The van der Waals surface area contributed by atoms with E-state index < -0.39 is 4.92 Å². The monoisotopic (exact) mass is 337 g/mol. The summed E-state index contributed by atoms with van der Waals surface area (Å²) in [5.74, 6) is 0.823. The van der Waals surface area contributed by atoms with Crippen molar-refractivity contribution < 1.29 is 4.92 Å². The van der Waals surface area contributed by atoms with Gasteiger partial charge in [0.2, 0.25) is 5.95 Å². The van der Waals surface area contributed by atoms with Crippen LogP contribution in [0, 0.1) is 10.1 Å². The third-order valence-corrected chi connectivity index (χ3v) is 2.96. The molecule has 2 aromatic rings. The van der Waals surface area contributed by atoms with E-state index in [0.29, 0.717) is 29.3 Å². The minimum absolute atomic E-state index is 0.0878. The molecule has 20 heavy (non-hydrogen) atoms. The van der Waals surface area contributed by atoms with Crippen molar-refractivity contribution in [2.45, 2.75) is 6.42 Å². The van der Waals surface area contributed by atoms with Crippen LogP contribution in [0.2, 0.25) is 0 Å². The summed E-state index contributed by atoms with van der Waals surface area (Å²) >= 11 is 3.24. The highest BCUT2D eigenvalue weighted by molar-refractivity contribution is 9.10. The van der Waals surface area contributed by atoms with Crippen LogP contribution in [0.5, 0.6) is 0 Å². The Hall–Kier alpha value is -2.22. The number of hydrogen-bond donors (Lipinski definition) is 2. The van der Waals surface area contributed by atoms with Gasteiger partial charge in [-0.25, -0.2) is 4.98 Å². The summed E-state index contributed by atoms with van der Waals surface area (Å²) in [4.78, 5) is 18.3. The van der Waals surface area contributed by atoms with E-state index in [9.17, 15) is 10.1 Å². The summed E-state index contributed by atoms with van der Waals surface area (Å²) < 4.78 is 0.614. The number of hydrogen-bond acceptors (Lipinski definition) is 6. The fourth-order valence-electron chi connectivity index (χ4n) is 1.62. The zero-order valence-corrected chi connectivity index (χ0v) is 12.0. The Bertz CT molecular complexity index is 597. The molecule has 0 aliphatic heterocycles. The van der Waals surface area contributed by atoms with E-state index in [1.165, 1.54) is 12.1 Å². The SMILES string of the molecule is Nc1cc(Br)nc(NCCc2ccc([N+](=O)[O-])cc2)n1. The predicted octanol–water partition coefficient (Wildman–Crippen LogP) is 2.38. The largest absolute Gasteiger partial charge is 0.383 e. The summed E-state index contributed by atoms with van der Waals surface area (Å²) in [6.07, 6.45) is 0.702. The van der Waals surface area contributed by atoms with Crippen molar-refractivity contribution in [1.29, 1.82) is 0 Å². The number of nitrogen functional groups attached to an aromatic ring is 1. The molecule has 3 N–H and O–H groups in total. The second-order valence-corrected chi connectivity index (χ2v) is 4.85. The maximum atomic E-state index is 10.5. The smallest absolute Gasteiger partial charge is 0.269 e. The molecule has 0 bridgehead atoms. The predicted molar refractivity (Wildman–Crippen MR) is 79.4 cm³/mol. The van der Waals surface area contributed by atoms with Crippen molar-refractivity contribution in [1.82, 2.24) is 9.97 Å². The van der Waals surface area contributed by atoms with Gasteiger partial charge in [0.1, 0.15) is 10.4 Å². The van der Waals surface area contributed by atoms with Gasteiger partial charge in [-0.15, -0.1) is 0 Å². The lowest BCUT2D eigenvalue weighted by molar-refractivity contribution is -0.384. The highest BCUT2D eigenvalue weighted by atomic mass is 79.9. The maximum absolute atomic E-state index is 10.5. The number of rotatable bonds is 5. The number of nitrogens with zero attached hydrogens (tertiary/aromatic N) is 3. The lowest BCUT2D eigenvalue weighted by Crippen LogP contribution is -2.09. The number of nitro groups is 1. The van der Waals surface area contributed by atoms with Gasteiger partial charge < -0.3 is 11.1 Å². The van der Waals surface area contributed by atoms with Crippen LogP contribution in [0.15, 0.2) is 34.9 Å². The van der Waals surface area contributed by atoms with Gasteiger partial charge in [-0.1, -0.05) is 12.1 Å². The Labute approximate surface area is 123 Å². The van der Waals surface area contributed by atoms with Crippen LogP contribution in [-0.2, 0) is 6.42 Å². The third-order valence-electron chi connectivity index (χ3n) is 2.56. The molecule has 0 spiro atoms. The van der Waals surface area contributed by atoms with Crippen LogP contribution in [-0.4, -0.2) is 21.4 Å². The van der Waals surface area contributed by atoms with E-state index in [1.807, 2.05) is 0 Å². The molecule has 0 saturated heterocycles. The number of nitro benzene ring substituents is 1. The fourth-order valence-corrected chi connectivity index (χ4v) is 2.02. The molecule has 104 valence electrons. The minimum atomic E-state index is -0.417. The van der Waals surface area contributed by atoms with Gasteiger partial charge in [0.25, 0.3) is 5.69 Å². The minimum Gasteiger partial charge on any atom is -0.383 e. The molecular weight excluding hydrogens is 326 g/mol. The lowest BCUT2D eigenvalue weighted by Gasteiger charge is -2.06. The molecule has 0 saturated carbocycles. The summed E-state index contributed by atoms with van der Waals surface area (Å²) in [5.41, 5.74) is 6.68. The molecule has 0 aliphatic carbocycles. The first kappa shape index (κ1) is 14.2. The van der Waals surface area contributed by atoms with Crippen LogP contribution < -0.4 is 11.1 Å². The van der Waals surface area contributed by atoms with Crippen molar-refractivity contribution in [3.8, 4) is 0 Å². The molecule has 7 nitrogen and oxygen atoms in total. The number of nitrogens with two attached hydrogens (primary N) is 1. The van der Waals surface area contributed by atoms with Crippen molar-refractivity contribution in [2.24, 2.45) is 0 Å². The van der Waals surface area contributed by atoms with E-state index in [0.717, 1.165) is 5.56 Å². The first-order valence-corrected chi connectivity index (χ1v) is 6.61. The number of non-ortho nitro benzene ring substituents is 1. The molecule has 2 rings (SSSR count). The number of halogens is 1. The summed E-state index contributed by atoms with van der Waals surface area (Å²) in [7, 11) is 0. The van der Waals surface area contributed by atoms with E-state index >= 15 is 0 Å². The highest BCUT2D eigenvalue weighted by Gasteiger charge is 2.04. The Kier molecular flexibility index (Phi) is 4.46. The first-order valence-electron chi connectivity index (χ1n) is 5.82. The number of benzene rings is 1. The lowest BCUT2D eigenvalue weighted by atomic mass is 10.1. The Morgan fingerprint density at radius 2 is 2.00 bits per heavy atom. The van der Waals surface area contributed by atoms with Gasteiger partial charge >= 0.3 is 0 Å². The fraction of sp³-hybridized carbons (Fsp3) is 0.167. The first-order chi connectivity index (χ1) is 9.54. The quantitative estimate of drug-likeness (QED) is 0.492. The third kappa shape index (κ3) is 3.89. The summed E-state index contributed by atoms with van der Waals surface area (Å²) in [6, 6.07) is 8.05. The maximum Gasteiger partial charge on any atom is 0.269 e. The van der Waals surface area contributed by atoms with E-state index in [1.54, 1.807) is 18.2 Å².